The van der Waals surface area contributed by atoms with Gasteiger partial charge in [-0.05, 0) is 48.7 Å². The minimum absolute atomic E-state index is 0.0745. The molecular formula is C29H30N8O2. The zero-order valence-electron chi connectivity index (χ0n) is 22.0. The van der Waals surface area contributed by atoms with E-state index in [1.807, 2.05) is 79.7 Å². The fourth-order valence-corrected chi connectivity index (χ4v) is 4.65. The largest absolute Gasteiger partial charge is 0.326 e. The highest BCUT2D eigenvalue weighted by Crippen LogP contribution is 2.31. The van der Waals surface area contributed by atoms with Crippen LogP contribution in [0.3, 0.4) is 0 Å². The van der Waals surface area contributed by atoms with Gasteiger partial charge < -0.3 is 16.0 Å². The first kappa shape index (κ1) is 25.9. The summed E-state index contributed by atoms with van der Waals surface area (Å²) in [6.07, 6.45) is -0.973. The Morgan fingerprint density at radius 2 is 1.67 bits per heavy atom. The lowest BCUT2D eigenvalue weighted by atomic mass is 9.98. The van der Waals surface area contributed by atoms with Gasteiger partial charge in [-0.15, -0.1) is 10.2 Å². The zero-order valence-corrected chi connectivity index (χ0v) is 22.0. The molecular weight excluding hydrogens is 492 g/mol. The third kappa shape index (κ3) is 5.75. The van der Waals surface area contributed by atoms with E-state index in [0.717, 1.165) is 33.5 Å². The van der Waals surface area contributed by atoms with Gasteiger partial charge in [0.15, 0.2) is 0 Å². The SMILES string of the molecule is CC1=NC(NC(=O)CC(C)(C)N)C(=O)N(Cc2ccc(-c3ccccc3-c3nn[nH]n3)cc2)c2ccccc21. The molecule has 10 nitrogen and oxygen atoms in total. The molecule has 10 heteroatoms. The van der Waals surface area contributed by atoms with E-state index in [1.54, 1.807) is 18.7 Å². The number of rotatable bonds is 7. The molecule has 2 heterocycles. The van der Waals surface area contributed by atoms with Crippen LogP contribution in [0, 0.1) is 0 Å². The lowest BCUT2D eigenvalue weighted by molar-refractivity contribution is -0.128. The highest BCUT2D eigenvalue weighted by atomic mass is 16.2. The van der Waals surface area contributed by atoms with Crippen LogP contribution in [-0.2, 0) is 16.1 Å². The number of aromatic nitrogens is 4. The maximum atomic E-state index is 13.8. The Labute approximate surface area is 226 Å². The number of benzene rings is 3. The molecule has 4 N–H and O–H groups in total. The summed E-state index contributed by atoms with van der Waals surface area (Å²) < 4.78 is 0. The fourth-order valence-electron chi connectivity index (χ4n) is 4.65. The first-order valence-corrected chi connectivity index (χ1v) is 12.7. The second-order valence-electron chi connectivity index (χ2n) is 10.3. The number of nitrogens with two attached hydrogens (primary N) is 1. The predicted octanol–water partition coefficient (Wildman–Crippen LogP) is 3.46. The van der Waals surface area contributed by atoms with Gasteiger partial charge in [-0.25, -0.2) is 0 Å². The molecule has 39 heavy (non-hydrogen) atoms. The number of amides is 2. The highest BCUT2D eigenvalue weighted by Gasteiger charge is 2.32. The van der Waals surface area contributed by atoms with E-state index in [-0.39, 0.29) is 18.2 Å². The Hall–Kier alpha value is -4.70. The quantitative estimate of drug-likeness (QED) is 0.339. The van der Waals surface area contributed by atoms with Gasteiger partial charge in [0.2, 0.25) is 17.9 Å². The summed E-state index contributed by atoms with van der Waals surface area (Å²) in [6, 6.07) is 23.5. The predicted molar refractivity (Wildman–Crippen MR) is 150 cm³/mol. The van der Waals surface area contributed by atoms with Crippen LogP contribution in [0.2, 0.25) is 0 Å². The summed E-state index contributed by atoms with van der Waals surface area (Å²) in [5, 5.41) is 17.2. The molecule has 1 aliphatic heterocycles. The number of fused-ring (bicyclic) bond motifs is 1. The lowest BCUT2D eigenvalue weighted by Gasteiger charge is -2.26. The Bertz CT molecular complexity index is 1520. The molecule has 0 saturated carbocycles. The molecule has 4 aromatic rings. The Kier molecular flexibility index (Phi) is 7.03. The number of nitrogens with one attached hydrogen (secondary N) is 2. The van der Waals surface area contributed by atoms with Crippen molar-refractivity contribution in [1.29, 1.82) is 0 Å². The average Bonchev–Trinajstić information content (AvgIpc) is 3.43. The Morgan fingerprint density at radius 1 is 1.00 bits per heavy atom. The van der Waals surface area contributed by atoms with Crippen molar-refractivity contribution in [2.24, 2.45) is 10.7 Å². The van der Waals surface area contributed by atoms with Crippen LogP contribution in [0.15, 0.2) is 77.8 Å². The standard InChI is InChI=1S/C29H30N8O2/c1-18-21-8-6-7-11-24(21)37(28(39)27(31-18)32-25(38)16-29(2,3)30)17-19-12-14-20(15-13-19)22-9-4-5-10-23(22)26-33-35-36-34-26/h4-15,27H,16-17,30H2,1-3H3,(H,32,38)(H,33,34,35,36). The smallest absolute Gasteiger partial charge is 0.272 e. The van der Waals surface area contributed by atoms with E-state index in [4.69, 9.17) is 5.73 Å². The first-order chi connectivity index (χ1) is 18.7. The van der Waals surface area contributed by atoms with Gasteiger partial charge in [0.1, 0.15) is 0 Å². The molecule has 1 unspecified atom stereocenters. The number of nitrogens with zero attached hydrogens (tertiary/aromatic N) is 5. The summed E-state index contributed by atoms with van der Waals surface area (Å²) >= 11 is 0. The van der Waals surface area contributed by atoms with Crippen LogP contribution in [-0.4, -0.2) is 49.9 Å². The number of tetrazole rings is 1. The van der Waals surface area contributed by atoms with Crippen molar-refractivity contribution in [3.63, 3.8) is 0 Å². The molecule has 1 aliphatic rings. The third-order valence-corrected chi connectivity index (χ3v) is 6.44. The third-order valence-electron chi connectivity index (χ3n) is 6.44. The van der Waals surface area contributed by atoms with E-state index in [1.165, 1.54) is 0 Å². The first-order valence-electron chi connectivity index (χ1n) is 12.7. The summed E-state index contributed by atoms with van der Waals surface area (Å²) in [4.78, 5) is 32.7. The second-order valence-corrected chi connectivity index (χ2v) is 10.3. The number of para-hydroxylation sites is 1. The highest BCUT2D eigenvalue weighted by molar-refractivity contribution is 6.12. The fraction of sp³-hybridized carbons (Fsp3) is 0.241. The number of carbonyl (C=O) groups excluding carboxylic acids is 2. The second kappa shape index (κ2) is 10.6. The molecule has 5 rings (SSSR count). The topological polar surface area (TPSA) is 142 Å². The monoisotopic (exact) mass is 522 g/mol. The lowest BCUT2D eigenvalue weighted by Crippen LogP contribution is -2.49. The van der Waals surface area contributed by atoms with Gasteiger partial charge in [0, 0.05) is 28.8 Å². The number of H-pyrrole nitrogens is 1. The maximum Gasteiger partial charge on any atom is 0.272 e. The summed E-state index contributed by atoms with van der Waals surface area (Å²) in [5.41, 5.74) is 11.3. The molecule has 2 amide bonds. The number of aromatic amines is 1. The number of hydrogen-bond acceptors (Lipinski definition) is 7. The Balaban J connectivity index is 1.43. The summed E-state index contributed by atoms with van der Waals surface area (Å²) in [5.74, 6) is -0.120. The maximum absolute atomic E-state index is 13.8. The van der Waals surface area contributed by atoms with E-state index in [9.17, 15) is 9.59 Å². The van der Waals surface area contributed by atoms with Gasteiger partial charge in [0.25, 0.3) is 5.91 Å². The molecule has 1 aromatic heterocycles. The van der Waals surface area contributed by atoms with E-state index in [0.29, 0.717) is 18.1 Å². The van der Waals surface area contributed by atoms with Crippen molar-refractivity contribution in [2.45, 2.75) is 45.4 Å². The zero-order chi connectivity index (χ0) is 27.6. The molecule has 0 fully saturated rings. The van der Waals surface area contributed by atoms with E-state index < -0.39 is 11.7 Å². The number of carbonyl (C=O) groups is 2. The average molecular weight is 523 g/mol. The van der Waals surface area contributed by atoms with Crippen LogP contribution >= 0.6 is 0 Å². The molecule has 0 radical (unpaired) electrons. The van der Waals surface area contributed by atoms with Crippen molar-refractivity contribution < 1.29 is 9.59 Å². The van der Waals surface area contributed by atoms with Crippen molar-refractivity contribution in [2.75, 3.05) is 4.90 Å². The number of benzodiazepines with no additional fused rings is 1. The van der Waals surface area contributed by atoms with Gasteiger partial charge >= 0.3 is 0 Å². The summed E-state index contributed by atoms with van der Waals surface area (Å²) in [7, 11) is 0. The van der Waals surface area contributed by atoms with Gasteiger partial charge in [-0.1, -0.05) is 66.7 Å². The van der Waals surface area contributed by atoms with Gasteiger partial charge in [-0.3, -0.25) is 14.6 Å². The van der Waals surface area contributed by atoms with Gasteiger partial charge in [-0.2, -0.15) is 5.21 Å². The molecule has 0 spiro atoms. The van der Waals surface area contributed by atoms with Crippen molar-refractivity contribution in [1.82, 2.24) is 25.9 Å². The Morgan fingerprint density at radius 3 is 2.33 bits per heavy atom. The minimum atomic E-state index is -1.05. The van der Waals surface area contributed by atoms with E-state index >= 15 is 0 Å². The van der Waals surface area contributed by atoms with Crippen LogP contribution in [0.25, 0.3) is 22.5 Å². The van der Waals surface area contributed by atoms with Crippen LogP contribution in [0.4, 0.5) is 5.69 Å². The summed E-state index contributed by atoms with van der Waals surface area (Å²) in [6.45, 7) is 5.68. The van der Waals surface area contributed by atoms with Crippen LogP contribution in [0.5, 0.6) is 0 Å². The van der Waals surface area contributed by atoms with Crippen molar-refractivity contribution in [3.8, 4) is 22.5 Å². The molecule has 0 saturated heterocycles. The molecule has 1 atom stereocenters. The molecule has 3 aromatic carbocycles. The minimum Gasteiger partial charge on any atom is -0.326 e. The van der Waals surface area contributed by atoms with Crippen molar-refractivity contribution in [3.05, 3.63) is 83.9 Å². The normalized spacial score (nSPS) is 15.4. The molecule has 198 valence electrons. The van der Waals surface area contributed by atoms with E-state index in [2.05, 4.69) is 30.9 Å². The number of aliphatic imine (C=N–C) groups is 1. The number of anilines is 1. The molecule has 0 aliphatic carbocycles. The van der Waals surface area contributed by atoms with Crippen LogP contribution in [0.1, 0.15) is 38.3 Å². The molecule has 0 bridgehead atoms. The van der Waals surface area contributed by atoms with Crippen LogP contribution < -0.4 is 16.0 Å². The van der Waals surface area contributed by atoms with Crippen molar-refractivity contribution >= 4 is 23.2 Å². The number of hydrogen-bond donors (Lipinski definition) is 3. The van der Waals surface area contributed by atoms with Gasteiger partial charge in [0.05, 0.1) is 12.2 Å².